The van der Waals surface area contributed by atoms with Crippen LogP contribution in [0.2, 0.25) is 5.02 Å². The van der Waals surface area contributed by atoms with Gasteiger partial charge in [-0.1, -0.05) is 16.8 Å². The maximum absolute atomic E-state index is 11.3. The standard InChI is InChI=1S/C13H13ClN2O3/c1-13(12(17)18)4-5-16(7-13)11-9-6-8(14)2-3-10(9)19-15-11/h2-3,6H,4-5,7H2,1H3,(H,17,18). The molecule has 1 fully saturated rings. The number of nitrogens with zero attached hydrogens (tertiary/aromatic N) is 2. The lowest BCUT2D eigenvalue weighted by molar-refractivity contribution is -0.146. The first-order valence-electron chi connectivity index (χ1n) is 6.03. The number of carboxylic acid groups (broad SMARTS) is 1. The molecule has 1 aliphatic rings. The van der Waals surface area contributed by atoms with Gasteiger partial charge in [0.1, 0.15) is 0 Å². The van der Waals surface area contributed by atoms with E-state index in [-0.39, 0.29) is 0 Å². The molecule has 100 valence electrons. The zero-order chi connectivity index (χ0) is 13.6. The van der Waals surface area contributed by atoms with Crippen molar-refractivity contribution in [2.24, 2.45) is 5.41 Å². The van der Waals surface area contributed by atoms with Gasteiger partial charge in [-0.15, -0.1) is 0 Å². The van der Waals surface area contributed by atoms with Crippen molar-refractivity contribution < 1.29 is 14.4 Å². The Morgan fingerprint density at radius 3 is 3.05 bits per heavy atom. The second kappa shape index (κ2) is 4.13. The third-order valence-electron chi connectivity index (χ3n) is 3.70. The summed E-state index contributed by atoms with van der Waals surface area (Å²) in [5, 5.41) is 14.7. The van der Waals surface area contributed by atoms with Gasteiger partial charge in [0.25, 0.3) is 0 Å². The SMILES string of the molecule is CC1(C(=O)O)CCN(c2noc3ccc(Cl)cc23)C1. The first kappa shape index (κ1) is 12.3. The second-order valence-corrected chi connectivity index (χ2v) is 5.62. The van der Waals surface area contributed by atoms with E-state index >= 15 is 0 Å². The molecule has 1 aliphatic heterocycles. The lowest BCUT2D eigenvalue weighted by atomic mass is 9.90. The Labute approximate surface area is 114 Å². The molecule has 1 atom stereocenters. The number of halogens is 1. The van der Waals surface area contributed by atoms with Gasteiger partial charge in [-0.2, -0.15) is 0 Å². The third kappa shape index (κ3) is 1.94. The minimum absolute atomic E-state index is 0.427. The van der Waals surface area contributed by atoms with Crippen LogP contribution in [0, 0.1) is 5.41 Å². The van der Waals surface area contributed by atoms with Crippen LogP contribution in [-0.4, -0.2) is 29.3 Å². The Morgan fingerprint density at radius 1 is 1.58 bits per heavy atom. The summed E-state index contributed by atoms with van der Waals surface area (Å²) in [6, 6.07) is 5.30. The average Bonchev–Trinajstić information content (AvgIpc) is 2.93. The number of fused-ring (bicyclic) bond motifs is 1. The predicted molar refractivity (Wildman–Crippen MR) is 71.6 cm³/mol. The molecular formula is C13H13ClN2O3. The lowest BCUT2D eigenvalue weighted by Gasteiger charge is -2.19. The highest BCUT2D eigenvalue weighted by molar-refractivity contribution is 6.31. The van der Waals surface area contributed by atoms with E-state index in [0.717, 1.165) is 5.39 Å². The number of hydrogen-bond acceptors (Lipinski definition) is 4. The van der Waals surface area contributed by atoms with Crippen LogP contribution in [0.3, 0.4) is 0 Å². The molecule has 0 bridgehead atoms. The van der Waals surface area contributed by atoms with Crippen molar-refractivity contribution in [1.82, 2.24) is 5.16 Å². The van der Waals surface area contributed by atoms with Crippen molar-refractivity contribution in [2.75, 3.05) is 18.0 Å². The van der Waals surface area contributed by atoms with Crippen LogP contribution in [0.4, 0.5) is 5.82 Å². The average molecular weight is 281 g/mol. The van der Waals surface area contributed by atoms with E-state index < -0.39 is 11.4 Å². The Bertz CT molecular complexity index is 654. The van der Waals surface area contributed by atoms with E-state index in [1.165, 1.54) is 0 Å². The van der Waals surface area contributed by atoms with Crippen molar-refractivity contribution in [2.45, 2.75) is 13.3 Å². The number of carboxylic acids is 1. The number of rotatable bonds is 2. The Kier molecular flexibility index (Phi) is 2.67. The van der Waals surface area contributed by atoms with Crippen molar-refractivity contribution in [3.63, 3.8) is 0 Å². The van der Waals surface area contributed by atoms with Gasteiger partial charge in [-0.3, -0.25) is 4.79 Å². The Hall–Kier alpha value is -1.75. The smallest absolute Gasteiger partial charge is 0.311 e. The summed E-state index contributed by atoms with van der Waals surface area (Å²) < 4.78 is 5.25. The molecule has 1 unspecified atom stereocenters. The Morgan fingerprint density at radius 2 is 2.37 bits per heavy atom. The van der Waals surface area contributed by atoms with Crippen LogP contribution in [-0.2, 0) is 4.79 Å². The molecule has 19 heavy (non-hydrogen) atoms. The second-order valence-electron chi connectivity index (χ2n) is 5.18. The van der Waals surface area contributed by atoms with Crippen LogP contribution in [0.15, 0.2) is 22.7 Å². The molecule has 1 aromatic carbocycles. The molecular weight excluding hydrogens is 268 g/mol. The molecule has 2 heterocycles. The number of anilines is 1. The fourth-order valence-electron chi connectivity index (χ4n) is 2.44. The van der Waals surface area contributed by atoms with Gasteiger partial charge in [0.05, 0.1) is 10.8 Å². The van der Waals surface area contributed by atoms with Gasteiger partial charge in [0.15, 0.2) is 11.4 Å². The van der Waals surface area contributed by atoms with E-state index in [2.05, 4.69) is 5.16 Å². The fraction of sp³-hybridized carbons (Fsp3) is 0.385. The van der Waals surface area contributed by atoms with Crippen LogP contribution < -0.4 is 4.90 Å². The zero-order valence-electron chi connectivity index (χ0n) is 10.4. The van der Waals surface area contributed by atoms with Crippen molar-refractivity contribution in [1.29, 1.82) is 0 Å². The lowest BCUT2D eigenvalue weighted by Crippen LogP contribution is -2.31. The molecule has 1 N–H and O–H groups in total. The molecule has 0 spiro atoms. The number of hydrogen-bond donors (Lipinski definition) is 1. The zero-order valence-corrected chi connectivity index (χ0v) is 11.1. The van der Waals surface area contributed by atoms with Crippen molar-refractivity contribution in [3.8, 4) is 0 Å². The number of aromatic nitrogens is 1. The number of benzene rings is 1. The van der Waals surface area contributed by atoms with E-state index in [0.29, 0.717) is 35.9 Å². The summed E-state index contributed by atoms with van der Waals surface area (Å²) in [7, 11) is 0. The molecule has 3 rings (SSSR count). The van der Waals surface area contributed by atoms with Crippen LogP contribution in [0.25, 0.3) is 11.0 Å². The maximum atomic E-state index is 11.3. The first-order chi connectivity index (χ1) is 8.99. The summed E-state index contributed by atoms with van der Waals surface area (Å²) in [6.07, 6.45) is 0.594. The van der Waals surface area contributed by atoms with Crippen molar-refractivity contribution in [3.05, 3.63) is 23.2 Å². The van der Waals surface area contributed by atoms with Gasteiger partial charge >= 0.3 is 5.97 Å². The van der Waals surface area contributed by atoms with Gasteiger partial charge < -0.3 is 14.5 Å². The van der Waals surface area contributed by atoms with Crippen LogP contribution >= 0.6 is 11.6 Å². The van der Waals surface area contributed by atoms with E-state index in [9.17, 15) is 9.90 Å². The van der Waals surface area contributed by atoms with E-state index in [4.69, 9.17) is 16.1 Å². The largest absolute Gasteiger partial charge is 0.481 e. The van der Waals surface area contributed by atoms with Gasteiger partial charge in [-0.05, 0) is 31.5 Å². The Balaban J connectivity index is 1.98. The van der Waals surface area contributed by atoms with E-state index in [1.54, 1.807) is 25.1 Å². The molecule has 1 saturated heterocycles. The first-order valence-corrected chi connectivity index (χ1v) is 6.41. The minimum Gasteiger partial charge on any atom is -0.481 e. The van der Waals surface area contributed by atoms with Crippen LogP contribution in [0.5, 0.6) is 0 Å². The topological polar surface area (TPSA) is 66.6 Å². The van der Waals surface area contributed by atoms with Crippen molar-refractivity contribution >= 4 is 34.4 Å². The molecule has 6 heteroatoms. The highest BCUT2D eigenvalue weighted by Crippen LogP contribution is 2.36. The summed E-state index contributed by atoms with van der Waals surface area (Å²) in [4.78, 5) is 13.2. The maximum Gasteiger partial charge on any atom is 0.311 e. The normalized spacial score (nSPS) is 23.2. The molecule has 0 amide bonds. The highest BCUT2D eigenvalue weighted by atomic mass is 35.5. The summed E-state index contributed by atoms with van der Waals surface area (Å²) in [6.45, 7) is 2.83. The fourth-order valence-corrected chi connectivity index (χ4v) is 2.61. The molecule has 0 radical (unpaired) electrons. The van der Waals surface area contributed by atoms with E-state index in [1.807, 2.05) is 4.90 Å². The molecule has 0 saturated carbocycles. The molecule has 1 aromatic heterocycles. The number of carbonyl (C=O) groups is 1. The molecule has 0 aliphatic carbocycles. The van der Waals surface area contributed by atoms with Gasteiger partial charge in [-0.25, -0.2) is 0 Å². The highest BCUT2D eigenvalue weighted by Gasteiger charge is 2.41. The quantitative estimate of drug-likeness (QED) is 0.916. The summed E-state index contributed by atoms with van der Waals surface area (Å²) in [5.74, 6) is -0.108. The molecule has 5 nitrogen and oxygen atoms in total. The monoisotopic (exact) mass is 280 g/mol. The molecule has 2 aromatic rings. The van der Waals surface area contributed by atoms with Crippen LogP contribution in [0.1, 0.15) is 13.3 Å². The summed E-state index contributed by atoms with van der Waals surface area (Å²) in [5.41, 5.74) is -0.0764. The predicted octanol–water partition coefficient (Wildman–Crippen LogP) is 2.78. The third-order valence-corrected chi connectivity index (χ3v) is 3.94. The van der Waals surface area contributed by atoms with Gasteiger partial charge in [0.2, 0.25) is 0 Å². The van der Waals surface area contributed by atoms with Gasteiger partial charge in [0, 0.05) is 18.1 Å². The number of aliphatic carboxylic acids is 1. The minimum atomic E-state index is -0.777. The summed E-state index contributed by atoms with van der Waals surface area (Å²) >= 11 is 5.98.